The third-order valence-electron chi connectivity index (χ3n) is 2.83. The molecule has 0 aliphatic heterocycles. The van der Waals surface area contributed by atoms with Crippen LogP contribution in [0.5, 0.6) is 0 Å². The van der Waals surface area contributed by atoms with Crippen LogP contribution in [0.2, 0.25) is 0 Å². The number of rotatable bonds is 5. The summed E-state index contributed by atoms with van der Waals surface area (Å²) in [5.41, 5.74) is 4.76. The summed E-state index contributed by atoms with van der Waals surface area (Å²) in [6.45, 7) is 6.26. The minimum Gasteiger partial charge on any atom is -0.396 e. The van der Waals surface area contributed by atoms with E-state index in [0.717, 1.165) is 5.56 Å². The second kappa shape index (κ2) is 5.80. The Hall–Kier alpha value is -1.15. The second-order valence-corrected chi connectivity index (χ2v) is 4.42. The zero-order chi connectivity index (χ0) is 12.1. The molecule has 1 aromatic rings. The first-order chi connectivity index (χ1) is 7.54. The van der Waals surface area contributed by atoms with Gasteiger partial charge < -0.3 is 5.11 Å². The van der Waals surface area contributed by atoms with Crippen LogP contribution in [0, 0.1) is 20.8 Å². The smallest absolute Gasteiger partial charge is 0.137 e. The topological polar surface area (TPSA) is 37.3 Å². The van der Waals surface area contributed by atoms with E-state index in [2.05, 4.69) is 32.9 Å². The van der Waals surface area contributed by atoms with Gasteiger partial charge in [-0.25, -0.2) is 0 Å². The molecule has 0 atom stereocenters. The first-order valence-corrected chi connectivity index (χ1v) is 5.74. The molecular weight excluding hydrogens is 200 g/mol. The molecule has 0 aliphatic carbocycles. The lowest BCUT2D eigenvalue weighted by Crippen LogP contribution is -2.07. The van der Waals surface area contributed by atoms with Gasteiger partial charge in [-0.05, 0) is 43.9 Å². The van der Waals surface area contributed by atoms with Crippen LogP contribution in [0.3, 0.4) is 0 Å². The molecular formula is C14H20O2. The van der Waals surface area contributed by atoms with E-state index in [4.69, 9.17) is 5.11 Å². The van der Waals surface area contributed by atoms with Gasteiger partial charge in [-0.2, -0.15) is 0 Å². The number of Topliss-reactive ketones (excluding diaryl/α,β-unsaturated/α-hetero) is 1. The molecule has 0 spiro atoms. The van der Waals surface area contributed by atoms with Crippen molar-refractivity contribution in [1.29, 1.82) is 0 Å². The first-order valence-electron chi connectivity index (χ1n) is 5.74. The van der Waals surface area contributed by atoms with Crippen LogP contribution >= 0.6 is 0 Å². The van der Waals surface area contributed by atoms with Crippen molar-refractivity contribution in [1.82, 2.24) is 0 Å². The van der Waals surface area contributed by atoms with Crippen LogP contribution in [-0.2, 0) is 11.2 Å². The average molecular weight is 220 g/mol. The summed E-state index contributed by atoms with van der Waals surface area (Å²) >= 11 is 0. The van der Waals surface area contributed by atoms with E-state index >= 15 is 0 Å². The number of ketones is 1. The quantitative estimate of drug-likeness (QED) is 0.827. The fraction of sp³-hybridized carbons (Fsp3) is 0.500. The van der Waals surface area contributed by atoms with Crippen molar-refractivity contribution in [2.24, 2.45) is 0 Å². The lowest BCUT2D eigenvalue weighted by atomic mass is 9.95. The van der Waals surface area contributed by atoms with Crippen LogP contribution in [0.15, 0.2) is 12.1 Å². The number of carbonyl (C=O) groups is 1. The number of hydrogen-bond acceptors (Lipinski definition) is 2. The van der Waals surface area contributed by atoms with Gasteiger partial charge in [0.25, 0.3) is 0 Å². The summed E-state index contributed by atoms with van der Waals surface area (Å²) in [5.74, 6) is 0.212. The molecule has 1 aromatic carbocycles. The highest BCUT2D eigenvalue weighted by atomic mass is 16.3. The Labute approximate surface area is 97.3 Å². The molecule has 0 bridgehead atoms. The van der Waals surface area contributed by atoms with E-state index in [1.807, 2.05) is 0 Å². The number of hydrogen-bond donors (Lipinski definition) is 1. The number of carbonyl (C=O) groups excluding carboxylic acids is 1. The van der Waals surface area contributed by atoms with E-state index < -0.39 is 0 Å². The Balaban J connectivity index is 2.77. The fourth-order valence-corrected chi connectivity index (χ4v) is 2.05. The Morgan fingerprint density at radius 1 is 1.19 bits per heavy atom. The molecule has 0 saturated carbocycles. The maximum absolute atomic E-state index is 11.6. The Morgan fingerprint density at radius 2 is 1.75 bits per heavy atom. The highest BCUT2D eigenvalue weighted by molar-refractivity contribution is 5.81. The third kappa shape index (κ3) is 3.46. The molecule has 0 unspecified atom stereocenters. The highest BCUT2D eigenvalue weighted by Gasteiger charge is 2.09. The molecule has 16 heavy (non-hydrogen) atoms. The van der Waals surface area contributed by atoms with Crippen LogP contribution in [0.1, 0.15) is 35.1 Å². The van der Waals surface area contributed by atoms with Crippen molar-refractivity contribution in [2.75, 3.05) is 6.61 Å². The van der Waals surface area contributed by atoms with Crippen molar-refractivity contribution in [3.63, 3.8) is 0 Å². The summed E-state index contributed by atoms with van der Waals surface area (Å²) < 4.78 is 0. The van der Waals surface area contributed by atoms with Gasteiger partial charge in [0, 0.05) is 19.4 Å². The van der Waals surface area contributed by atoms with E-state index in [9.17, 15) is 4.79 Å². The van der Waals surface area contributed by atoms with Crippen molar-refractivity contribution >= 4 is 5.78 Å². The van der Waals surface area contributed by atoms with Crippen molar-refractivity contribution < 1.29 is 9.90 Å². The van der Waals surface area contributed by atoms with Gasteiger partial charge in [-0.3, -0.25) is 4.79 Å². The maximum atomic E-state index is 11.6. The minimum absolute atomic E-state index is 0.0948. The maximum Gasteiger partial charge on any atom is 0.137 e. The molecule has 1 N–H and O–H groups in total. The number of aliphatic hydroxyl groups excluding tert-OH is 1. The predicted octanol–water partition coefficient (Wildman–Crippen LogP) is 2.50. The van der Waals surface area contributed by atoms with E-state index in [1.54, 1.807) is 0 Å². The van der Waals surface area contributed by atoms with Crippen molar-refractivity contribution in [3.05, 3.63) is 34.4 Å². The summed E-state index contributed by atoms with van der Waals surface area (Å²) in [4.78, 5) is 11.6. The Bertz CT molecular complexity index is 357. The predicted molar refractivity (Wildman–Crippen MR) is 65.7 cm³/mol. The molecule has 0 amide bonds. The monoisotopic (exact) mass is 220 g/mol. The molecule has 88 valence electrons. The van der Waals surface area contributed by atoms with Crippen LogP contribution in [-0.4, -0.2) is 17.5 Å². The molecule has 2 heteroatoms. The van der Waals surface area contributed by atoms with Gasteiger partial charge in [-0.1, -0.05) is 17.7 Å². The zero-order valence-corrected chi connectivity index (χ0v) is 10.3. The normalized spacial score (nSPS) is 10.5. The Morgan fingerprint density at radius 3 is 2.25 bits per heavy atom. The number of benzene rings is 1. The van der Waals surface area contributed by atoms with Gasteiger partial charge >= 0.3 is 0 Å². The minimum atomic E-state index is 0.0948. The summed E-state index contributed by atoms with van der Waals surface area (Å²) in [6, 6.07) is 4.23. The second-order valence-electron chi connectivity index (χ2n) is 4.42. The highest BCUT2D eigenvalue weighted by Crippen LogP contribution is 2.17. The molecule has 1 rings (SSSR count). The van der Waals surface area contributed by atoms with E-state index in [-0.39, 0.29) is 12.4 Å². The third-order valence-corrected chi connectivity index (χ3v) is 2.83. The number of aryl methyl sites for hydroxylation is 3. The van der Waals surface area contributed by atoms with Gasteiger partial charge in [0.2, 0.25) is 0 Å². The van der Waals surface area contributed by atoms with E-state index in [0.29, 0.717) is 19.3 Å². The first kappa shape index (κ1) is 12.9. The molecule has 0 heterocycles. The SMILES string of the molecule is Cc1cc(C)c(CC(=O)CCCO)c(C)c1. The summed E-state index contributed by atoms with van der Waals surface area (Å²) in [6.07, 6.45) is 1.55. The molecule has 0 saturated heterocycles. The van der Waals surface area contributed by atoms with Gasteiger partial charge in [-0.15, -0.1) is 0 Å². The van der Waals surface area contributed by atoms with E-state index in [1.165, 1.54) is 16.7 Å². The zero-order valence-electron chi connectivity index (χ0n) is 10.3. The summed E-state index contributed by atoms with van der Waals surface area (Å²) in [5, 5.41) is 8.67. The largest absolute Gasteiger partial charge is 0.396 e. The van der Waals surface area contributed by atoms with Crippen LogP contribution < -0.4 is 0 Å². The summed E-state index contributed by atoms with van der Waals surface area (Å²) in [7, 11) is 0. The lowest BCUT2D eigenvalue weighted by Gasteiger charge is -2.10. The van der Waals surface area contributed by atoms with Crippen LogP contribution in [0.4, 0.5) is 0 Å². The van der Waals surface area contributed by atoms with Crippen molar-refractivity contribution in [2.45, 2.75) is 40.0 Å². The van der Waals surface area contributed by atoms with Gasteiger partial charge in [0.1, 0.15) is 5.78 Å². The standard InChI is InChI=1S/C14H20O2/c1-10-7-11(2)14(12(3)8-10)9-13(16)5-4-6-15/h7-8,15H,4-6,9H2,1-3H3. The lowest BCUT2D eigenvalue weighted by molar-refractivity contribution is -0.118. The molecule has 2 nitrogen and oxygen atoms in total. The number of aliphatic hydroxyl groups is 1. The molecule has 0 radical (unpaired) electrons. The van der Waals surface area contributed by atoms with Crippen molar-refractivity contribution in [3.8, 4) is 0 Å². The molecule has 0 aliphatic rings. The van der Waals surface area contributed by atoms with Crippen LogP contribution in [0.25, 0.3) is 0 Å². The van der Waals surface area contributed by atoms with Gasteiger partial charge in [0.05, 0.1) is 0 Å². The average Bonchev–Trinajstić information content (AvgIpc) is 2.20. The molecule has 0 fully saturated rings. The van der Waals surface area contributed by atoms with Gasteiger partial charge in [0.15, 0.2) is 0 Å². The Kier molecular flexibility index (Phi) is 4.69. The molecule has 0 aromatic heterocycles. The fourth-order valence-electron chi connectivity index (χ4n) is 2.05.